The van der Waals surface area contributed by atoms with Gasteiger partial charge in [-0.25, -0.2) is 4.39 Å². The second-order valence-electron chi connectivity index (χ2n) is 7.45. The summed E-state index contributed by atoms with van der Waals surface area (Å²) >= 11 is 0. The molecule has 160 valence electrons. The van der Waals surface area contributed by atoms with Gasteiger partial charge < -0.3 is 15.4 Å². The molecule has 0 radical (unpaired) electrons. The first-order valence-corrected chi connectivity index (χ1v) is 10.1. The Kier molecular flexibility index (Phi) is 7.38. The van der Waals surface area contributed by atoms with E-state index in [1.807, 2.05) is 30.3 Å². The number of hydrogen-bond acceptors (Lipinski definition) is 3. The Labute approximate surface area is 181 Å². The van der Waals surface area contributed by atoms with Gasteiger partial charge in [-0.05, 0) is 59.5 Å². The summed E-state index contributed by atoms with van der Waals surface area (Å²) in [6, 6.07) is 20.3. The Bertz CT molecular complexity index is 1050. The van der Waals surface area contributed by atoms with Gasteiger partial charge in [0.2, 0.25) is 0 Å². The van der Waals surface area contributed by atoms with E-state index in [0.29, 0.717) is 17.4 Å². The predicted molar refractivity (Wildman–Crippen MR) is 119 cm³/mol. The van der Waals surface area contributed by atoms with Crippen LogP contribution < -0.4 is 15.4 Å². The molecule has 0 aromatic heterocycles. The van der Waals surface area contributed by atoms with Gasteiger partial charge in [0.25, 0.3) is 11.8 Å². The van der Waals surface area contributed by atoms with E-state index >= 15 is 0 Å². The molecule has 5 nitrogen and oxygen atoms in total. The standard InChI is InChI=1S/C25H25FN2O3/c1-17(2)19-9-11-23(12-10-19)31-16-24(29)27-15-18-5-3-8-22(13-18)28-25(30)20-6-4-7-21(26)14-20/h3-14,17H,15-16H2,1-2H3,(H,27,29)(H,28,30). The number of ether oxygens (including phenoxy) is 1. The van der Waals surface area contributed by atoms with Gasteiger partial charge in [-0.1, -0.05) is 44.2 Å². The van der Waals surface area contributed by atoms with Crippen molar-refractivity contribution >= 4 is 17.5 Å². The third-order valence-electron chi connectivity index (χ3n) is 4.68. The van der Waals surface area contributed by atoms with Crippen LogP contribution in [-0.2, 0) is 11.3 Å². The summed E-state index contributed by atoms with van der Waals surface area (Å²) in [6.45, 7) is 4.44. The maximum absolute atomic E-state index is 13.3. The fraction of sp³-hybridized carbons (Fsp3) is 0.200. The molecule has 2 amide bonds. The molecule has 6 heteroatoms. The molecule has 3 aromatic carbocycles. The molecule has 0 aliphatic heterocycles. The molecule has 0 atom stereocenters. The third kappa shape index (κ3) is 6.67. The number of halogens is 1. The minimum absolute atomic E-state index is 0.0863. The lowest BCUT2D eigenvalue weighted by Gasteiger charge is -2.10. The molecule has 0 unspecified atom stereocenters. The van der Waals surface area contributed by atoms with Gasteiger partial charge in [0.05, 0.1) is 0 Å². The van der Waals surface area contributed by atoms with E-state index in [1.165, 1.54) is 23.8 Å². The van der Waals surface area contributed by atoms with E-state index in [2.05, 4.69) is 24.5 Å². The van der Waals surface area contributed by atoms with Crippen molar-refractivity contribution in [1.29, 1.82) is 0 Å². The van der Waals surface area contributed by atoms with Crippen molar-refractivity contribution in [3.8, 4) is 5.75 Å². The fourth-order valence-corrected chi connectivity index (χ4v) is 2.94. The average molecular weight is 420 g/mol. The number of nitrogens with one attached hydrogen (secondary N) is 2. The van der Waals surface area contributed by atoms with Crippen molar-refractivity contribution < 1.29 is 18.7 Å². The normalized spacial score (nSPS) is 10.6. The number of amides is 2. The zero-order valence-electron chi connectivity index (χ0n) is 17.5. The topological polar surface area (TPSA) is 67.4 Å². The van der Waals surface area contributed by atoms with Crippen LogP contribution in [0.25, 0.3) is 0 Å². The minimum Gasteiger partial charge on any atom is -0.484 e. The van der Waals surface area contributed by atoms with Gasteiger partial charge in [-0.2, -0.15) is 0 Å². The van der Waals surface area contributed by atoms with Crippen molar-refractivity contribution in [1.82, 2.24) is 5.32 Å². The highest BCUT2D eigenvalue weighted by atomic mass is 19.1. The van der Waals surface area contributed by atoms with E-state index in [0.717, 1.165) is 5.56 Å². The van der Waals surface area contributed by atoms with Crippen molar-refractivity contribution in [3.63, 3.8) is 0 Å². The van der Waals surface area contributed by atoms with Gasteiger partial charge in [-0.3, -0.25) is 9.59 Å². The van der Waals surface area contributed by atoms with E-state index < -0.39 is 11.7 Å². The first-order valence-electron chi connectivity index (χ1n) is 10.1. The lowest BCUT2D eigenvalue weighted by molar-refractivity contribution is -0.123. The molecule has 0 saturated heterocycles. The summed E-state index contributed by atoms with van der Waals surface area (Å²) < 4.78 is 18.8. The fourth-order valence-electron chi connectivity index (χ4n) is 2.94. The van der Waals surface area contributed by atoms with Gasteiger partial charge in [0.1, 0.15) is 11.6 Å². The van der Waals surface area contributed by atoms with Crippen molar-refractivity contribution in [2.75, 3.05) is 11.9 Å². The SMILES string of the molecule is CC(C)c1ccc(OCC(=O)NCc2cccc(NC(=O)c3cccc(F)c3)c2)cc1. The van der Waals surface area contributed by atoms with Crippen LogP contribution in [0.1, 0.15) is 41.3 Å². The van der Waals surface area contributed by atoms with Crippen molar-refractivity contribution in [3.05, 3.63) is 95.3 Å². The first-order chi connectivity index (χ1) is 14.9. The summed E-state index contributed by atoms with van der Waals surface area (Å²) in [4.78, 5) is 24.4. The number of hydrogen-bond donors (Lipinski definition) is 2. The highest BCUT2D eigenvalue weighted by Gasteiger charge is 2.08. The van der Waals surface area contributed by atoms with Gasteiger partial charge in [-0.15, -0.1) is 0 Å². The van der Waals surface area contributed by atoms with Crippen LogP contribution in [-0.4, -0.2) is 18.4 Å². The van der Waals surface area contributed by atoms with Crippen molar-refractivity contribution in [2.24, 2.45) is 0 Å². The molecular weight excluding hydrogens is 395 g/mol. The highest BCUT2D eigenvalue weighted by Crippen LogP contribution is 2.18. The lowest BCUT2D eigenvalue weighted by Crippen LogP contribution is -2.28. The van der Waals surface area contributed by atoms with Crippen LogP contribution in [0.3, 0.4) is 0 Å². The zero-order chi connectivity index (χ0) is 22.2. The number of rotatable bonds is 8. The molecule has 3 aromatic rings. The van der Waals surface area contributed by atoms with Crippen LogP contribution in [0, 0.1) is 5.82 Å². The quantitative estimate of drug-likeness (QED) is 0.545. The Hall–Kier alpha value is -3.67. The molecule has 0 aliphatic carbocycles. The lowest BCUT2D eigenvalue weighted by atomic mass is 10.0. The van der Waals surface area contributed by atoms with Crippen LogP contribution in [0.15, 0.2) is 72.8 Å². The molecule has 0 saturated carbocycles. The maximum atomic E-state index is 13.3. The Balaban J connectivity index is 1.49. The molecular formula is C25H25FN2O3. The summed E-state index contributed by atoms with van der Waals surface area (Å²) in [5.74, 6) is -0.0460. The largest absolute Gasteiger partial charge is 0.484 e. The molecule has 0 heterocycles. The number of carbonyl (C=O) groups is 2. The van der Waals surface area contributed by atoms with Crippen LogP contribution in [0.2, 0.25) is 0 Å². The first kappa shape index (κ1) is 22.0. The van der Waals surface area contributed by atoms with Gasteiger partial charge in [0.15, 0.2) is 6.61 Å². The second-order valence-corrected chi connectivity index (χ2v) is 7.45. The second kappa shape index (κ2) is 10.4. The summed E-state index contributed by atoms with van der Waals surface area (Å²) in [5, 5.41) is 5.52. The van der Waals surface area contributed by atoms with Gasteiger partial charge in [0, 0.05) is 17.8 Å². The summed E-state index contributed by atoms with van der Waals surface area (Å²) in [7, 11) is 0. The zero-order valence-corrected chi connectivity index (χ0v) is 17.5. The van der Waals surface area contributed by atoms with E-state index in [9.17, 15) is 14.0 Å². The Morgan fingerprint density at radius 3 is 2.42 bits per heavy atom. The number of carbonyl (C=O) groups excluding carboxylic acids is 2. The number of anilines is 1. The van der Waals surface area contributed by atoms with Crippen molar-refractivity contribution in [2.45, 2.75) is 26.3 Å². The maximum Gasteiger partial charge on any atom is 0.258 e. The predicted octanol–water partition coefficient (Wildman–Crippen LogP) is 4.90. The molecule has 0 fully saturated rings. The van der Waals surface area contributed by atoms with Gasteiger partial charge >= 0.3 is 0 Å². The molecule has 0 bridgehead atoms. The molecule has 0 aliphatic rings. The Morgan fingerprint density at radius 1 is 0.968 bits per heavy atom. The average Bonchev–Trinajstić information content (AvgIpc) is 2.77. The van der Waals surface area contributed by atoms with E-state index in [1.54, 1.807) is 24.3 Å². The molecule has 2 N–H and O–H groups in total. The monoisotopic (exact) mass is 420 g/mol. The van der Waals surface area contributed by atoms with Crippen LogP contribution in [0.4, 0.5) is 10.1 Å². The highest BCUT2D eigenvalue weighted by molar-refractivity contribution is 6.04. The van der Waals surface area contributed by atoms with Crippen LogP contribution in [0.5, 0.6) is 5.75 Å². The summed E-state index contributed by atoms with van der Waals surface area (Å²) in [6.07, 6.45) is 0. The molecule has 31 heavy (non-hydrogen) atoms. The molecule has 0 spiro atoms. The van der Waals surface area contributed by atoms with E-state index in [-0.39, 0.29) is 24.6 Å². The Morgan fingerprint density at radius 2 is 1.71 bits per heavy atom. The van der Waals surface area contributed by atoms with Crippen LogP contribution >= 0.6 is 0 Å². The summed E-state index contributed by atoms with van der Waals surface area (Å²) in [5.41, 5.74) is 2.81. The smallest absolute Gasteiger partial charge is 0.258 e. The third-order valence-corrected chi connectivity index (χ3v) is 4.68. The molecule has 3 rings (SSSR count). The number of benzene rings is 3. The minimum atomic E-state index is -0.470. The van der Waals surface area contributed by atoms with E-state index in [4.69, 9.17) is 4.74 Å².